The van der Waals surface area contributed by atoms with Crippen molar-refractivity contribution in [2.45, 2.75) is 70.6 Å². The highest BCUT2D eigenvalue weighted by molar-refractivity contribution is 5.74. The average Bonchev–Trinajstić information content (AvgIpc) is 2.41. The number of hydrogen-bond donors (Lipinski definition) is 3. The Bertz CT molecular complexity index is 466. The molecule has 7 nitrogen and oxygen atoms in total. The maximum absolute atomic E-state index is 11.7. The van der Waals surface area contributed by atoms with Crippen molar-refractivity contribution in [1.82, 2.24) is 20.9 Å². The van der Waals surface area contributed by atoms with Gasteiger partial charge in [-0.05, 0) is 26.2 Å². The maximum atomic E-state index is 11.7. The molecule has 2 unspecified atom stereocenters. The highest BCUT2D eigenvalue weighted by Crippen LogP contribution is 2.42. The Hall–Kier alpha value is -1.63. The molecule has 3 fully saturated rings. The summed E-state index contributed by atoms with van der Waals surface area (Å²) >= 11 is 0. The zero-order valence-corrected chi connectivity index (χ0v) is 14.4. The fourth-order valence-corrected chi connectivity index (χ4v) is 4.46. The van der Waals surface area contributed by atoms with Crippen LogP contribution in [0.5, 0.6) is 0 Å². The van der Waals surface area contributed by atoms with Gasteiger partial charge in [-0.1, -0.05) is 0 Å². The Morgan fingerprint density at radius 1 is 0.913 bits per heavy atom. The van der Waals surface area contributed by atoms with Crippen LogP contribution in [0.25, 0.3) is 0 Å². The van der Waals surface area contributed by atoms with Crippen LogP contribution in [0, 0.1) is 0 Å². The van der Waals surface area contributed by atoms with Crippen LogP contribution in [0.2, 0.25) is 0 Å². The predicted molar refractivity (Wildman–Crippen MR) is 86.6 cm³/mol. The molecule has 0 radical (unpaired) electrons. The molecule has 0 aromatic heterocycles. The van der Waals surface area contributed by atoms with Gasteiger partial charge in [-0.2, -0.15) is 0 Å². The number of carbonyl (C=O) groups excluding carboxylic acids is 3. The van der Waals surface area contributed by atoms with Crippen LogP contribution in [0.15, 0.2) is 0 Å². The first-order valence-corrected chi connectivity index (χ1v) is 8.27. The van der Waals surface area contributed by atoms with Gasteiger partial charge in [0.15, 0.2) is 0 Å². The summed E-state index contributed by atoms with van der Waals surface area (Å²) in [7, 11) is 0. The molecule has 0 spiro atoms. The minimum absolute atomic E-state index is 0.0240. The van der Waals surface area contributed by atoms with E-state index in [4.69, 9.17) is 0 Å². The van der Waals surface area contributed by atoms with Gasteiger partial charge in [0.2, 0.25) is 17.7 Å². The van der Waals surface area contributed by atoms with Crippen LogP contribution in [-0.4, -0.2) is 59.4 Å². The Kier molecular flexibility index (Phi) is 5.29. The van der Waals surface area contributed by atoms with Gasteiger partial charge in [0.1, 0.15) is 0 Å². The Morgan fingerprint density at radius 3 is 1.78 bits per heavy atom. The molecular weight excluding hydrogens is 296 g/mol. The maximum Gasteiger partial charge on any atom is 0.217 e. The molecule has 23 heavy (non-hydrogen) atoms. The molecule has 7 heteroatoms. The second-order valence-corrected chi connectivity index (χ2v) is 7.05. The van der Waals surface area contributed by atoms with Crippen LogP contribution >= 0.6 is 0 Å². The summed E-state index contributed by atoms with van der Waals surface area (Å²) in [6.45, 7) is 7.86. The van der Waals surface area contributed by atoms with Crippen LogP contribution in [-0.2, 0) is 14.4 Å². The lowest BCUT2D eigenvalue weighted by molar-refractivity contribution is -0.129. The highest BCUT2D eigenvalue weighted by atomic mass is 16.2. The van der Waals surface area contributed by atoms with Crippen LogP contribution in [0.1, 0.15) is 47.0 Å². The Morgan fingerprint density at radius 2 is 1.39 bits per heavy atom. The molecule has 3 rings (SSSR count). The van der Waals surface area contributed by atoms with E-state index in [0.29, 0.717) is 19.1 Å². The van der Waals surface area contributed by atoms with Crippen molar-refractivity contribution in [1.29, 1.82) is 0 Å². The lowest BCUT2D eigenvalue weighted by atomic mass is 9.69. The third-order valence-electron chi connectivity index (χ3n) is 4.91. The molecule has 3 N–H and O–H groups in total. The SMILES string of the molecule is CC(=O)NC[C@@H]1C[C@@]2(NC(C)=O)CC(C)N1[C@@H](CNC(C)=O)C2. The number of amides is 3. The van der Waals surface area contributed by atoms with Crippen molar-refractivity contribution in [3.05, 3.63) is 0 Å². The summed E-state index contributed by atoms with van der Waals surface area (Å²) in [5, 5.41) is 8.95. The monoisotopic (exact) mass is 324 g/mol. The number of carbonyl (C=O) groups is 3. The van der Waals surface area contributed by atoms with E-state index in [0.717, 1.165) is 19.3 Å². The van der Waals surface area contributed by atoms with E-state index >= 15 is 0 Å². The van der Waals surface area contributed by atoms with Crippen molar-refractivity contribution >= 4 is 17.7 Å². The van der Waals surface area contributed by atoms with Gasteiger partial charge in [-0.15, -0.1) is 0 Å². The fourth-order valence-electron chi connectivity index (χ4n) is 4.46. The molecule has 0 aliphatic carbocycles. The molecule has 0 saturated carbocycles. The minimum Gasteiger partial charge on any atom is -0.355 e. The second-order valence-electron chi connectivity index (χ2n) is 7.05. The molecule has 0 aromatic carbocycles. The van der Waals surface area contributed by atoms with Crippen molar-refractivity contribution < 1.29 is 14.4 Å². The first kappa shape index (κ1) is 17.7. The standard InChI is InChI=1S/C16H28N4O3/c1-10-5-16(19-13(4)23)6-14(8-17-11(2)21)20(10)15(7-16)9-18-12(3)22/h10,14-15H,5-9H2,1-4H3,(H,17,21)(H,18,22)(H,19,23)/t10?,14-,15+,16-. The summed E-state index contributed by atoms with van der Waals surface area (Å²) < 4.78 is 0. The minimum atomic E-state index is -0.244. The zero-order chi connectivity index (χ0) is 17.2. The molecule has 0 aromatic rings. The van der Waals surface area contributed by atoms with Gasteiger partial charge in [0.25, 0.3) is 0 Å². The van der Waals surface area contributed by atoms with Crippen LogP contribution in [0.4, 0.5) is 0 Å². The van der Waals surface area contributed by atoms with Crippen molar-refractivity contribution in [2.24, 2.45) is 0 Å². The zero-order valence-electron chi connectivity index (χ0n) is 14.4. The average molecular weight is 324 g/mol. The summed E-state index contributed by atoms with van der Waals surface area (Å²) in [6.07, 6.45) is 2.56. The van der Waals surface area contributed by atoms with E-state index < -0.39 is 0 Å². The molecule has 3 heterocycles. The molecule has 3 aliphatic rings. The first-order valence-electron chi connectivity index (χ1n) is 8.27. The number of nitrogens with zero attached hydrogens (tertiary/aromatic N) is 1. The van der Waals surface area contributed by atoms with Crippen molar-refractivity contribution in [3.8, 4) is 0 Å². The lowest BCUT2D eigenvalue weighted by Gasteiger charge is -2.60. The molecular formula is C16H28N4O3. The lowest BCUT2D eigenvalue weighted by Crippen LogP contribution is -2.73. The highest BCUT2D eigenvalue weighted by Gasteiger charge is 2.52. The van der Waals surface area contributed by atoms with E-state index in [9.17, 15) is 14.4 Å². The number of fused-ring (bicyclic) bond motifs is 3. The largest absolute Gasteiger partial charge is 0.355 e. The van der Waals surface area contributed by atoms with Crippen LogP contribution in [0.3, 0.4) is 0 Å². The van der Waals surface area contributed by atoms with Gasteiger partial charge in [0, 0.05) is 57.5 Å². The number of piperidine rings is 3. The Labute approximate surface area is 137 Å². The predicted octanol–water partition coefficient (Wildman–Crippen LogP) is -0.241. The summed E-state index contributed by atoms with van der Waals surface area (Å²) in [5.41, 5.74) is -0.244. The normalized spacial score (nSPS) is 35.5. The van der Waals surface area contributed by atoms with E-state index in [1.165, 1.54) is 13.8 Å². The fraction of sp³-hybridized carbons (Fsp3) is 0.812. The van der Waals surface area contributed by atoms with Crippen molar-refractivity contribution in [2.75, 3.05) is 13.1 Å². The van der Waals surface area contributed by atoms with E-state index in [1.807, 2.05) is 0 Å². The van der Waals surface area contributed by atoms with Gasteiger partial charge in [-0.3, -0.25) is 19.3 Å². The second kappa shape index (κ2) is 6.86. The van der Waals surface area contributed by atoms with Gasteiger partial charge < -0.3 is 16.0 Å². The van der Waals surface area contributed by atoms with Gasteiger partial charge >= 0.3 is 0 Å². The number of hydrogen-bond acceptors (Lipinski definition) is 4. The van der Waals surface area contributed by atoms with Gasteiger partial charge in [0.05, 0.1) is 0 Å². The van der Waals surface area contributed by atoms with Gasteiger partial charge in [-0.25, -0.2) is 0 Å². The summed E-state index contributed by atoms with van der Waals surface area (Å²) in [6, 6.07) is 0.630. The molecule has 3 aliphatic heterocycles. The molecule has 5 atom stereocenters. The smallest absolute Gasteiger partial charge is 0.217 e. The van der Waals surface area contributed by atoms with E-state index in [-0.39, 0.29) is 35.3 Å². The van der Waals surface area contributed by atoms with Crippen molar-refractivity contribution in [3.63, 3.8) is 0 Å². The first-order chi connectivity index (χ1) is 10.7. The van der Waals surface area contributed by atoms with E-state index in [1.54, 1.807) is 6.92 Å². The quantitative estimate of drug-likeness (QED) is 0.651. The topological polar surface area (TPSA) is 90.5 Å². The molecule has 3 amide bonds. The van der Waals surface area contributed by atoms with E-state index in [2.05, 4.69) is 27.8 Å². The Balaban J connectivity index is 2.19. The van der Waals surface area contributed by atoms with Crippen LogP contribution < -0.4 is 16.0 Å². The molecule has 3 saturated heterocycles. The summed E-state index contributed by atoms with van der Waals surface area (Å²) in [5.74, 6) is -0.122. The molecule has 2 bridgehead atoms. The number of rotatable bonds is 5. The molecule has 130 valence electrons. The third kappa shape index (κ3) is 4.22. The summed E-state index contributed by atoms with van der Waals surface area (Å²) in [4.78, 5) is 36.6. The number of nitrogens with one attached hydrogen (secondary N) is 3. The third-order valence-corrected chi connectivity index (χ3v) is 4.91.